The summed E-state index contributed by atoms with van der Waals surface area (Å²) in [5, 5.41) is 48.3. The van der Waals surface area contributed by atoms with Crippen molar-refractivity contribution in [2.75, 3.05) is 0 Å². The number of rotatable bonds is 0. The largest absolute Gasteiger partial charge is 0.0795 e. The standard InChI is InChI=1S/6C22H16/c6*1-5-13-14-6-2-10-18(14)22-20-12-4-8-16(20)15-7-3-11-19(15)21(22)17(13)9-1/h5-12H,1-4H2;1-2,5,7-8,10-12H,3-4,6,9H2;1-3,7-10,12H,4-6,11H2;1-3,6-9,12H,4-5,10-11H2;1-3,5,8,10-12H,4,6-7,9H2;1-3,5,7-8,10,12H,4,6,9,11H2. The lowest BCUT2D eigenvalue weighted by atomic mass is 9.86. The summed E-state index contributed by atoms with van der Waals surface area (Å²) in [6.45, 7) is 0. The van der Waals surface area contributed by atoms with Gasteiger partial charge >= 0.3 is 0 Å². The highest BCUT2D eigenvalue weighted by Crippen LogP contribution is 2.47. The first-order valence-electron chi connectivity index (χ1n) is 49.8. The molecule has 0 saturated heterocycles. The zero-order chi connectivity index (χ0) is 85.6. The molecule has 0 fully saturated rings. The van der Waals surface area contributed by atoms with Crippen molar-refractivity contribution in [1.29, 1.82) is 0 Å². The van der Waals surface area contributed by atoms with Crippen molar-refractivity contribution < 1.29 is 0 Å². The van der Waals surface area contributed by atoms with E-state index in [1.54, 1.807) is 110 Å². The Morgan fingerprint density at radius 2 is 0.250 bits per heavy atom. The van der Waals surface area contributed by atoms with Gasteiger partial charge in [0.15, 0.2) is 0 Å². The summed E-state index contributed by atoms with van der Waals surface area (Å²) in [6, 6.07) is 0. The molecule has 36 rings (SSSR count). The summed E-state index contributed by atoms with van der Waals surface area (Å²) in [6.07, 6.45) is 141. The van der Waals surface area contributed by atoms with E-state index in [0.717, 1.165) is 154 Å². The van der Waals surface area contributed by atoms with Crippen LogP contribution in [0.25, 0.3) is 271 Å². The number of fused-ring (bicyclic) bond motifs is 66. The quantitative estimate of drug-likeness (QED) is 0.142. The molecule has 0 amide bonds. The van der Waals surface area contributed by atoms with E-state index in [4.69, 9.17) is 0 Å². The van der Waals surface area contributed by atoms with Gasteiger partial charge in [-0.1, -0.05) is 292 Å². The van der Waals surface area contributed by atoms with Gasteiger partial charge in [0.1, 0.15) is 0 Å². The highest BCUT2D eigenvalue weighted by molar-refractivity contribution is 6.11. The van der Waals surface area contributed by atoms with Crippen LogP contribution >= 0.6 is 0 Å². The Balaban J connectivity index is 0.0000000746. The minimum Gasteiger partial charge on any atom is -0.0795 e. The Morgan fingerprint density at radius 1 is 0.0909 bits per heavy atom. The summed E-state index contributed by atoms with van der Waals surface area (Å²) in [5.41, 5.74) is 43.0. The third-order valence-electron chi connectivity index (χ3n) is 34.3. The maximum atomic E-state index is 2.44. The van der Waals surface area contributed by atoms with Crippen LogP contribution in [0.5, 0.6) is 0 Å². The van der Waals surface area contributed by atoms with Gasteiger partial charge < -0.3 is 0 Å². The van der Waals surface area contributed by atoms with Gasteiger partial charge in [-0.05, 0) is 479 Å². The van der Waals surface area contributed by atoms with Crippen molar-refractivity contribution in [2.24, 2.45) is 0 Å². The van der Waals surface area contributed by atoms with Crippen molar-refractivity contribution in [3.8, 4) is 0 Å². The minimum atomic E-state index is 1.08. The van der Waals surface area contributed by atoms with Gasteiger partial charge in [0, 0.05) is 0 Å². The van der Waals surface area contributed by atoms with Gasteiger partial charge in [-0.15, -0.1) is 0 Å². The molecule has 0 N–H and O–H groups in total. The summed E-state index contributed by atoms with van der Waals surface area (Å²) in [5.74, 6) is 0. The number of allylic oxidation sites excluding steroid dienone is 14. The average molecular weight is 1680 g/mol. The van der Waals surface area contributed by atoms with E-state index in [0.29, 0.717) is 0 Å². The van der Waals surface area contributed by atoms with Gasteiger partial charge in [0.25, 0.3) is 0 Å². The highest BCUT2D eigenvalue weighted by atomic mass is 14.4. The molecule has 12 aromatic carbocycles. The van der Waals surface area contributed by atoms with E-state index in [1.807, 2.05) is 0 Å². The lowest BCUT2D eigenvalue weighted by Crippen LogP contribution is -2.55. The molecule has 0 saturated carbocycles. The number of benzene rings is 12. The molecular weight excluding hydrogens is 1590 g/mol. The third-order valence-corrected chi connectivity index (χ3v) is 34.3. The summed E-state index contributed by atoms with van der Waals surface area (Å²) >= 11 is 0. The molecule has 0 unspecified atom stereocenters. The molecule has 0 bridgehead atoms. The molecule has 12 aromatic rings. The molecule has 0 aromatic heterocycles. The topological polar surface area (TPSA) is 0 Å². The molecular formula is C132H96. The third kappa shape index (κ3) is 9.87. The van der Waals surface area contributed by atoms with Crippen LogP contribution in [0.15, 0.2) is 85.1 Å². The fourth-order valence-corrected chi connectivity index (χ4v) is 29.4. The molecule has 624 valence electrons. The molecule has 0 spiro atoms. The molecule has 0 nitrogen and oxygen atoms in total. The second-order valence-corrected chi connectivity index (χ2v) is 40.2. The summed E-state index contributed by atoms with van der Waals surface area (Å²) in [4.78, 5) is 0. The maximum absolute atomic E-state index is 2.44. The van der Waals surface area contributed by atoms with Crippen LogP contribution in [0.2, 0.25) is 0 Å². The molecule has 0 heterocycles. The smallest absolute Gasteiger partial charge is 0.00205 e. The van der Waals surface area contributed by atoms with Crippen LogP contribution in [-0.4, -0.2) is 0 Å². The fourth-order valence-electron chi connectivity index (χ4n) is 29.4. The Kier molecular flexibility index (Phi) is 15.5. The normalized spacial score (nSPS) is 18.4. The van der Waals surface area contributed by atoms with Crippen molar-refractivity contribution in [1.82, 2.24) is 0 Å². The van der Waals surface area contributed by atoms with E-state index in [-0.39, 0.29) is 0 Å². The molecule has 0 aliphatic heterocycles. The van der Waals surface area contributed by atoms with E-state index < -0.39 is 0 Å². The molecule has 0 atom stereocenters. The Hall–Kier alpha value is -14.0. The van der Waals surface area contributed by atoms with Gasteiger partial charge in [0.05, 0.1) is 0 Å². The van der Waals surface area contributed by atoms with Gasteiger partial charge in [-0.3, -0.25) is 0 Å². The van der Waals surface area contributed by atoms with Gasteiger partial charge in [-0.25, -0.2) is 0 Å². The molecule has 24 aliphatic rings. The zero-order valence-electron chi connectivity index (χ0n) is 74.7. The predicted octanol–water partition coefficient (Wildman–Crippen LogP) is 14.7. The highest BCUT2D eigenvalue weighted by Gasteiger charge is 2.34. The average Bonchev–Trinajstić information content (AvgIpc) is 1.57. The van der Waals surface area contributed by atoms with E-state index in [9.17, 15) is 0 Å². The lowest BCUT2D eigenvalue weighted by molar-refractivity contribution is 1.19. The van der Waals surface area contributed by atoms with Crippen molar-refractivity contribution in [2.45, 2.75) is 154 Å². The van der Waals surface area contributed by atoms with Crippen LogP contribution in [-0.2, 0) is 89.9 Å². The molecule has 132 heavy (non-hydrogen) atoms. The molecule has 24 aliphatic carbocycles. The summed E-state index contributed by atoms with van der Waals surface area (Å²) in [7, 11) is 0. The van der Waals surface area contributed by atoms with Crippen molar-refractivity contribution in [3.05, 3.63) is 345 Å². The van der Waals surface area contributed by atoms with Crippen LogP contribution < -0.4 is 104 Å². The number of hydrogen-bond donors (Lipinski definition) is 0. The molecule has 0 radical (unpaired) electrons. The zero-order valence-corrected chi connectivity index (χ0v) is 74.7. The Bertz CT molecular complexity index is 9730. The SMILES string of the molecule is C1=Cc2c(c3c(c4c5c(c6c(c24)=CCC=6)=CCC=5)CC=C3)C1.C1=Cc2c(c3c(c4c5c(c6c(c24)=CCC=6)C=CC5)CC=C3)C1.C1=Cc2c(c3c(c4c5c(c6c(c24)=CCC=6)CC=C5)CC=C3)C1.C1=Cc2c(c3c(c4c5c(c6c(c24)CC=C6)=CCC=5)C=CC3)C1.C1=Cc2c(c3c(c4c5c(c6c(c24)CC=C6)=CCC=5)CC=C3)C1.C1=c2c3c(c4c5c(c6c(c4c2=CC1)=CCC=6)=CCC=5)=CCC=3. The Labute approximate surface area is 765 Å². The van der Waals surface area contributed by atoms with E-state index in [1.165, 1.54) is 215 Å². The van der Waals surface area contributed by atoms with Crippen LogP contribution in [0.4, 0.5) is 0 Å². The predicted molar refractivity (Wildman–Crippen MR) is 570 cm³/mol. The first-order chi connectivity index (χ1) is 65.6. The van der Waals surface area contributed by atoms with E-state index >= 15 is 0 Å². The monoisotopic (exact) mass is 1680 g/mol. The Morgan fingerprint density at radius 3 is 0.598 bits per heavy atom. The second kappa shape index (κ2) is 27.8. The van der Waals surface area contributed by atoms with Crippen LogP contribution in [0, 0.1) is 0 Å². The van der Waals surface area contributed by atoms with Crippen molar-refractivity contribution in [3.63, 3.8) is 0 Å². The minimum absolute atomic E-state index is 1.08. The first-order valence-corrected chi connectivity index (χ1v) is 49.8. The van der Waals surface area contributed by atoms with Crippen molar-refractivity contribution >= 4 is 271 Å². The molecule has 0 heteroatoms. The van der Waals surface area contributed by atoms with Gasteiger partial charge in [-0.2, -0.15) is 0 Å². The summed E-state index contributed by atoms with van der Waals surface area (Å²) < 4.78 is 0. The van der Waals surface area contributed by atoms with E-state index in [2.05, 4.69) is 292 Å². The fraction of sp³-hybridized carbons (Fsp3) is 0.182. The van der Waals surface area contributed by atoms with Crippen LogP contribution in [0.1, 0.15) is 220 Å². The van der Waals surface area contributed by atoms with Crippen LogP contribution in [0.3, 0.4) is 0 Å². The second-order valence-electron chi connectivity index (χ2n) is 40.2. The lowest BCUT2D eigenvalue weighted by Gasteiger charge is -2.17. The first kappa shape index (κ1) is 73.7. The number of hydrogen-bond acceptors (Lipinski definition) is 0. The van der Waals surface area contributed by atoms with Gasteiger partial charge in [0.2, 0.25) is 0 Å². The maximum Gasteiger partial charge on any atom is -0.00205 e.